The number of rotatable bonds is 6. The van der Waals surface area contributed by atoms with Crippen LogP contribution in [0, 0.1) is 0 Å². The molecule has 0 saturated carbocycles. The molecule has 0 bridgehead atoms. The van der Waals surface area contributed by atoms with Crippen molar-refractivity contribution in [2.24, 2.45) is 5.73 Å². The fourth-order valence-corrected chi connectivity index (χ4v) is 2.77. The molecule has 0 heterocycles. The van der Waals surface area contributed by atoms with Crippen LogP contribution in [-0.2, 0) is 9.84 Å². The molecule has 0 aromatic heterocycles. The Hall–Kier alpha value is -0.870. The van der Waals surface area contributed by atoms with Crippen molar-refractivity contribution in [3.8, 4) is 0 Å². The van der Waals surface area contributed by atoms with Crippen molar-refractivity contribution < 1.29 is 8.42 Å². The topological polar surface area (TPSA) is 60.2 Å². The van der Waals surface area contributed by atoms with Gasteiger partial charge in [-0.2, -0.15) is 0 Å². The zero-order chi connectivity index (χ0) is 12.9. The average molecular weight is 255 g/mol. The van der Waals surface area contributed by atoms with E-state index in [0.29, 0.717) is 13.0 Å². The van der Waals surface area contributed by atoms with Crippen LogP contribution in [-0.4, -0.2) is 26.0 Å². The van der Waals surface area contributed by atoms with Gasteiger partial charge in [0.15, 0.2) is 9.84 Å². The normalized spacial score (nSPS) is 13.9. The molecule has 0 aliphatic rings. The first-order valence-electron chi connectivity index (χ1n) is 5.94. The minimum absolute atomic E-state index is 0.129. The van der Waals surface area contributed by atoms with Crippen molar-refractivity contribution in [3.63, 3.8) is 0 Å². The number of hydrogen-bond donors (Lipinski definition) is 1. The summed E-state index contributed by atoms with van der Waals surface area (Å²) in [7, 11) is -2.97. The first-order chi connectivity index (χ1) is 7.97. The smallest absolute Gasteiger partial charge is 0.152 e. The Kier molecular flexibility index (Phi) is 5.15. The molecule has 0 fully saturated rings. The predicted octanol–water partition coefficient (Wildman–Crippen LogP) is 1.94. The van der Waals surface area contributed by atoms with E-state index in [-0.39, 0.29) is 16.9 Å². The van der Waals surface area contributed by atoms with Crippen molar-refractivity contribution in [1.29, 1.82) is 0 Å². The lowest BCUT2D eigenvalue weighted by Gasteiger charge is -2.16. The summed E-state index contributed by atoms with van der Waals surface area (Å²) in [6.45, 7) is 3.92. The van der Waals surface area contributed by atoms with Crippen LogP contribution in [0.1, 0.15) is 31.7 Å². The molecule has 4 heteroatoms. The fourth-order valence-electron chi connectivity index (χ4n) is 1.69. The summed E-state index contributed by atoms with van der Waals surface area (Å²) in [6, 6.07) is 9.85. The van der Waals surface area contributed by atoms with Crippen molar-refractivity contribution in [2.75, 3.05) is 12.3 Å². The SMILES string of the molecule is CC(C)S(=O)(=O)CCC(CN)c1ccccc1. The molecule has 1 rings (SSSR count). The monoisotopic (exact) mass is 255 g/mol. The maximum absolute atomic E-state index is 11.7. The summed E-state index contributed by atoms with van der Waals surface area (Å²) < 4.78 is 23.5. The van der Waals surface area contributed by atoms with E-state index in [1.165, 1.54) is 0 Å². The Morgan fingerprint density at radius 2 is 1.76 bits per heavy atom. The average Bonchev–Trinajstić information content (AvgIpc) is 2.31. The third kappa shape index (κ3) is 4.13. The van der Waals surface area contributed by atoms with Crippen molar-refractivity contribution in [1.82, 2.24) is 0 Å². The van der Waals surface area contributed by atoms with Crippen molar-refractivity contribution >= 4 is 9.84 Å². The van der Waals surface area contributed by atoms with Crippen molar-refractivity contribution in [3.05, 3.63) is 35.9 Å². The standard InChI is InChI=1S/C13H21NO2S/c1-11(2)17(15,16)9-8-13(10-14)12-6-4-3-5-7-12/h3-7,11,13H,8-10,14H2,1-2H3. The number of hydrogen-bond acceptors (Lipinski definition) is 3. The van der Waals surface area contributed by atoms with Gasteiger partial charge in [0.25, 0.3) is 0 Å². The lowest BCUT2D eigenvalue weighted by atomic mass is 9.97. The lowest BCUT2D eigenvalue weighted by Crippen LogP contribution is -2.22. The van der Waals surface area contributed by atoms with Crippen molar-refractivity contribution in [2.45, 2.75) is 31.4 Å². The van der Waals surface area contributed by atoms with Gasteiger partial charge in [0.2, 0.25) is 0 Å². The molecule has 0 amide bonds. The van der Waals surface area contributed by atoms with Gasteiger partial charge in [-0.05, 0) is 38.3 Å². The number of benzene rings is 1. The van der Waals surface area contributed by atoms with E-state index in [0.717, 1.165) is 5.56 Å². The van der Waals surface area contributed by atoms with Crippen LogP contribution in [0.5, 0.6) is 0 Å². The minimum atomic E-state index is -2.97. The third-order valence-electron chi connectivity index (χ3n) is 3.02. The minimum Gasteiger partial charge on any atom is -0.330 e. The first-order valence-corrected chi connectivity index (χ1v) is 7.65. The Morgan fingerprint density at radius 3 is 2.24 bits per heavy atom. The van der Waals surface area contributed by atoms with Crippen LogP contribution >= 0.6 is 0 Å². The summed E-state index contributed by atoms with van der Waals surface area (Å²) in [6.07, 6.45) is 0.598. The highest BCUT2D eigenvalue weighted by molar-refractivity contribution is 7.91. The van der Waals surface area contributed by atoms with E-state index in [4.69, 9.17) is 5.73 Å². The van der Waals surface area contributed by atoms with Crippen LogP contribution < -0.4 is 5.73 Å². The summed E-state index contributed by atoms with van der Waals surface area (Å²) in [5, 5.41) is -0.309. The molecule has 0 aliphatic carbocycles. The maximum atomic E-state index is 11.7. The Balaban J connectivity index is 2.67. The molecule has 1 unspecified atom stereocenters. The van der Waals surface area contributed by atoms with Crippen LogP contribution in [0.25, 0.3) is 0 Å². The Morgan fingerprint density at radius 1 is 1.18 bits per heavy atom. The van der Waals surface area contributed by atoms with E-state index < -0.39 is 9.84 Å². The van der Waals surface area contributed by atoms with Gasteiger partial charge < -0.3 is 5.73 Å². The maximum Gasteiger partial charge on any atom is 0.152 e. The first kappa shape index (κ1) is 14.2. The summed E-state index contributed by atoms with van der Waals surface area (Å²) in [5.41, 5.74) is 6.83. The lowest BCUT2D eigenvalue weighted by molar-refractivity contribution is 0.576. The zero-order valence-electron chi connectivity index (χ0n) is 10.5. The van der Waals surface area contributed by atoms with Crippen LogP contribution in [0.3, 0.4) is 0 Å². The molecular formula is C13H21NO2S. The molecule has 0 aliphatic heterocycles. The highest BCUT2D eigenvalue weighted by atomic mass is 32.2. The molecule has 3 nitrogen and oxygen atoms in total. The summed E-state index contributed by atoms with van der Waals surface area (Å²) >= 11 is 0. The molecule has 2 N–H and O–H groups in total. The van der Waals surface area contributed by atoms with E-state index in [1.54, 1.807) is 13.8 Å². The van der Waals surface area contributed by atoms with Gasteiger partial charge in [0.05, 0.1) is 11.0 Å². The number of sulfone groups is 1. The molecule has 1 aromatic rings. The zero-order valence-corrected chi connectivity index (χ0v) is 11.3. The number of nitrogens with two attached hydrogens (primary N) is 1. The Bertz CT molecular complexity index is 426. The second-order valence-electron chi connectivity index (χ2n) is 4.55. The highest BCUT2D eigenvalue weighted by Crippen LogP contribution is 2.19. The molecule has 0 saturated heterocycles. The fraction of sp³-hybridized carbons (Fsp3) is 0.538. The molecule has 1 atom stereocenters. The van der Waals surface area contributed by atoms with Gasteiger partial charge in [-0.1, -0.05) is 30.3 Å². The van der Waals surface area contributed by atoms with Gasteiger partial charge in [0.1, 0.15) is 0 Å². The third-order valence-corrected chi connectivity index (χ3v) is 5.27. The van der Waals surface area contributed by atoms with E-state index in [9.17, 15) is 8.42 Å². The molecule has 0 radical (unpaired) electrons. The van der Waals surface area contributed by atoms with E-state index in [2.05, 4.69) is 0 Å². The van der Waals surface area contributed by atoms with Gasteiger partial charge in [-0.25, -0.2) is 8.42 Å². The molecule has 1 aromatic carbocycles. The van der Waals surface area contributed by atoms with Gasteiger partial charge in [0, 0.05) is 0 Å². The molecule has 0 spiro atoms. The molecular weight excluding hydrogens is 234 g/mol. The van der Waals surface area contributed by atoms with Crippen LogP contribution in [0.2, 0.25) is 0 Å². The molecule has 96 valence electrons. The highest BCUT2D eigenvalue weighted by Gasteiger charge is 2.19. The summed E-state index contributed by atoms with van der Waals surface area (Å²) in [4.78, 5) is 0. The van der Waals surface area contributed by atoms with Gasteiger partial charge in [-0.3, -0.25) is 0 Å². The Labute approximate surface area is 104 Å². The second kappa shape index (κ2) is 6.17. The van der Waals surface area contributed by atoms with Gasteiger partial charge in [-0.15, -0.1) is 0 Å². The summed E-state index contributed by atoms with van der Waals surface area (Å²) in [5.74, 6) is 0.339. The predicted molar refractivity (Wildman–Crippen MR) is 71.8 cm³/mol. The quantitative estimate of drug-likeness (QED) is 0.845. The van der Waals surface area contributed by atoms with Crippen LogP contribution in [0.15, 0.2) is 30.3 Å². The second-order valence-corrected chi connectivity index (χ2v) is 7.22. The van der Waals surface area contributed by atoms with Gasteiger partial charge >= 0.3 is 0 Å². The molecule has 17 heavy (non-hydrogen) atoms. The largest absolute Gasteiger partial charge is 0.330 e. The van der Waals surface area contributed by atoms with Crippen LogP contribution in [0.4, 0.5) is 0 Å². The van der Waals surface area contributed by atoms with E-state index in [1.807, 2.05) is 30.3 Å². The van der Waals surface area contributed by atoms with E-state index >= 15 is 0 Å².